The third-order valence-corrected chi connectivity index (χ3v) is 4.31. The van der Waals surface area contributed by atoms with Crippen molar-refractivity contribution < 1.29 is 34.2 Å². The molecule has 4 unspecified atom stereocenters. The molecular formula is C16H30N6O7S. The number of aliphatic hydroxyl groups is 1. The first-order valence-electron chi connectivity index (χ1n) is 9.16. The van der Waals surface area contributed by atoms with Crippen LogP contribution in [0.4, 0.5) is 0 Å². The number of aliphatic carboxylic acids is 1. The summed E-state index contributed by atoms with van der Waals surface area (Å²) in [6.45, 7) is -0.288. The van der Waals surface area contributed by atoms with Crippen LogP contribution in [0, 0.1) is 0 Å². The Hall–Kier alpha value is -2.42. The van der Waals surface area contributed by atoms with Crippen molar-refractivity contribution in [1.29, 1.82) is 0 Å². The predicted molar refractivity (Wildman–Crippen MR) is 109 cm³/mol. The number of hydrogen-bond acceptors (Lipinski definition) is 9. The number of thiol groups is 1. The smallest absolute Gasteiger partial charge is 0.326 e. The number of rotatable bonds is 15. The number of carboxylic acid groups (broad SMARTS) is 1. The highest BCUT2D eigenvalue weighted by molar-refractivity contribution is 7.80. The van der Waals surface area contributed by atoms with Gasteiger partial charge in [-0.2, -0.15) is 12.6 Å². The Morgan fingerprint density at radius 3 is 1.90 bits per heavy atom. The molecule has 0 rings (SSSR count). The van der Waals surface area contributed by atoms with Crippen LogP contribution in [0.2, 0.25) is 0 Å². The second-order valence-corrected chi connectivity index (χ2v) is 6.81. The van der Waals surface area contributed by atoms with Gasteiger partial charge >= 0.3 is 5.97 Å². The van der Waals surface area contributed by atoms with Crippen molar-refractivity contribution >= 4 is 42.2 Å². The largest absolute Gasteiger partial charge is 0.480 e. The van der Waals surface area contributed by atoms with Crippen molar-refractivity contribution in [3.63, 3.8) is 0 Å². The number of unbranched alkanes of at least 4 members (excludes halogenated alkanes) is 1. The third kappa shape index (κ3) is 10.4. The fourth-order valence-corrected chi connectivity index (χ4v) is 2.52. The van der Waals surface area contributed by atoms with Gasteiger partial charge in [0, 0.05) is 5.75 Å². The van der Waals surface area contributed by atoms with Crippen LogP contribution in [-0.2, 0) is 24.0 Å². The highest BCUT2D eigenvalue weighted by atomic mass is 32.1. The van der Waals surface area contributed by atoms with Crippen LogP contribution in [0.3, 0.4) is 0 Å². The molecule has 0 saturated heterocycles. The lowest BCUT2D eigenvalue weighted by atomic mass is 10.1. The summed E-state index contributed by atoms with van der Waals surface area (Å²) >= 11 is 3.98. The Labute approximate surface area is 178 Å². The molecule has 172 valence electrons. The van der Waals surface area contributed by atoms with Crippen LogP contribution in [-0.4, -0.2) is 82.9 Å². The fraction of sp³-hybridized carbons (Fsp3) is 0.688. The van der Waals surface area contributed by atoms with Crippen molar-refractivity contribution in [3.8, 4) is 0 Å². The van der Waals surface area contributed by atoms with E-state index in [0.717, 1.165) is 0 Å². The number of aliphatic hydroxyl groups excluding tert-OH is 1. The monoisotopic (exact) mass is 450 g/mol. The minimum absolute atomic E-state index is 0.126. The molecule has 4 amide bonds. The van der Waals surface area contributed by atoms with E-state index in [2.05, 4.69) is 28.6 Å². The summed E-state index contributed by atoms with van der Waals surface area (Å²) < 4.78 is 0. The first-order chi connectivity index (χ1) is 14.1. The minimum atomic E-state index is -1.56. The molecule has 0 aromatic carbocycles. The number of nitrogens with one attached hydrogen (secondary N) is 3. The van der Waals surface area contributed by atoms with Crippen LogP contribution < -0.4 is 33.2 Å². The highest BCUT2D eigenvalue weighted by Crippen LogP contribution is 2.04. The highest BCUT2D eigenvalue weighted by Gasteiger charge is 2.30. The Morgan fingerprint density at radius 2 is 1.43 bits per heavy atom. The van der Waals surface area contributed by atoms with E-state index in [0.29, 0.717) is 19.4 Å². The van der Waals surface area contributed by atoms with Crippen molar-refractivity contribution in [3.05, 3.63) is 0 Å². The average molecular weight is 451 g/mol. The fourth-order valence-electron chi connectivity index (χ4n) is 2.26. The molecule has 0 bridgehead atoms. The Bertz CT molecular complexity index is 621. The molecule has 0 radical (unpaired) electrons. The van der Waals surface area contributed by atoms with Gasteiger partial charge in [0.15, 0.2) is 0 Å². The van der Waals surface area contributed by atoms with E-state index in [-0.39, 0.29) is 12.2 Å². The van der Waals surface area contributed by atoms with E-state index < -0.39 is 66.8 Å². The molecule has 0 saturated carbocycles. The van der Waals surface area contributed by atoms with E-state index in [1.165, 1.54) is 0 Å². The number of primary amides is 1. The number of carbonyl (C=O) groups excluding carboxylic acids is 4. The number of carbonyl (C=O) groups is 5. The van der Waals surface area contributed by atoms with Gasteiger partial charge in [0.2, 0.25) is 23.6 Å². The third-order valence-electron chi connectivity index (χ3n) is 3.95. The summed E-state index contributed by atoms with van der Waals surface area (Å²) in [5, 5.41) is 24.9. The van der Waals surface area contributed by atoms with Crippen LogP contribution in [0.25, 0.3) is 0 Å². The SMILES string of the molecule is NCCCCC(NC(=O)C(CS)NC(=O)C(N)CO)C(=O)NC(CC(N)=O)C(=O)O. The Kier molecular flexibility index (Phi) is 13.4. The molecular weight excluding hydrogens is 420 g/mol. The van der Waals surface area contributed by atoms with Crippen LogP contribution in [0.5, 0.6) is 0 Å². The van der Waals surface area contributed by atoms with Crippen molar-refractivity contribution in [2.24, 2.45) is 17.2 Å². The molecule has 0 aliphatic rings. The van der Waals surface area contributed by atoms with Crippen LogP contribution in [0.15, 0.2) is 0 Å². The molecule has 0 fully saturated rings. The number of hydrogen-bond donors (Lipinski definition) is 9. The quantitative estimate of drug-likeness (QED) is 0.0866. The van der Waals surface area contributed by atoms with Gasteiger partial charge < -0.3 is 43.4 Å². The van der Waals surface area contributed by atoms with E-state index >= 15 is 0 Å². The summed E-state index contributed by atoms with van der Waals surface area (Å²) in [6, 6.07) is -5.13. The Morgan fingerprint density at radius 1 is 0.900 bits per heavy atom. The maximum Gasteiger partial charge on any atom is 0.326 e. The first-order valence-corrected chi connectivity index (χ1v) is 9.80. The average Bonchev–Trinajstić information content (AvgIpc) is 2.69. The van der Waals surface area contributed by atoms with Gasteiger partial charge in [-0.1, -0.05) is 0 Å². The Balaban J connectivity index is 5.26. The zero-order valence-electron chi connectivity index (χ0n) is 16.4. The van der Waals surface area contributed by atoms with Crippen LogP contribution >= 0.6 is 12.6 Å². The zero-order chi connectivity index (χ0) is 23.3. The predicted octanol–water partition coefficient (Wildman–Crippen LogP) is -4.22. The molecule has 0 spiro atoms. The van der Waals surface area contributed by atoms with Gasteiger partial charge in [0.1, 0.15) is 24.2 Å². The van der Waals surface area contributed by atoms with Crippen molar-refractivity contribution in [2.45, 2.75) is 49.9 Å². The molecule has 14 heteroatoms. The molecule has 30 heavy (non-hydrogen) atoms. The second kappa shape index (κ2) is 14.5. The normalized spacial score (nSPS) is 14.7. The summed E-state index contributed by atoms with van der Waals surface area (Å²) in [4.78, 5) is 59.0. The molecule has 11 N–H and O–H groups in total. The maximum atomic E-state index is 12.5. The second-order valence-electron chi connectivity index (χ2n) is 6.45. The van der Waals surface area contributed by atoms with Gasteiger partial charge in [-0.25, -0.2) is 4.79 Å². The summed E-state index contributed by atoms with van der Waals surface area (Å²) in [5.41, 5.74) is 15.8. The first kappa shape index (κ1) is 27.6. The molecule has 13 nitrogen and oxygen atoms in total. The van der Waals surface area contributed by atoms with E-state index in [9.17, 15) is 24.0 Å². The van der Waals surface area contributed by atoms with Crippen molar-refractivity contribution in [1.82, 2.24) is 16.0 Å². The lowest BCUT2D eigenvalue weighted by Crippen LogP contribution is -2.58. The molecule has 4 atom stereocenters. The number of amides is 4. The summed E-state index contributed by atoms with van der Waals surface area (Å²) in [7, 11) is 0. The molecule has 0 aliphatic carbocycles. The topological polar surface area (TPSA) is 240 Å². The molecule has 0 aliphatic heterocycles. The zero-order valence-corrected chi connectivity index (χ0v) is 17.3. The van der Waals surface area contributed by atoms with Gasteiger partial charge in [0.25, 0.3) is 0 Å². The van der Waals surface area contributed by atoms with Gasteiger partial charge in [0.05, 0.1) is 13.0 Å². The van der Waals surface area contributed by atoms with Gasteiger partial charge in [-0.3, -0.25) is 19.2 Å². The summed E-state index contributed by atoms with van der Waals surface area (Å²) in [5.74, 6) is -4.92. The summed E-state index contributed by atoms with van der Waals surface area (Å²) in [6.07, 6.45) is 0.483. The van der Waals surface area contributed by atoms with Crippen molar-refractivity contribution in [2.75, 3.05) is 18.9 Å². The minimum Gasteiger partial charge on any atom is -0.480 e. The number of nitrogens with two attached hydrogens (primary N) is 3. The van der Waals surface area contributed by atoms with E-state index in [1.807, 2.05) is 0 Å². The standard InChI is InChI=1S/C16H30N6O7S/c17-4-2-1-3-9(14(26)21-10(16(28)29)5-12(19)24)20-15(27)11(7-30)22-13(25)8(18)6-23/h8-11,23,30H,1-7,17-18H2,(H2,19,24)(H,20,27)(H,21,26)(H,22,25)(H,28,29). The lowest BCUT2D eigenvalue weighted by molar-refractivity contribution is -0.143. The molecule has 0 heterocycles. The number of carboxylic acids is 1. The van der Waals surface area contributed by atoms with Gasteiger partial charge in [-0.05, 0) is 25.8 Å². The lowest BCUT2D eigenvalue weighted by Gasteiger charge is -2.24. The van der Waals surface area contributed by atoms with Crippen LogP contribution in [0.1, 0.15) is 25.7 Å². The van der Waals surface area contributed by atoms with Gasteiger partial charge in [-0.15, -0.1) is 0 Å². The van der Waals surface area contributed by atoms with E-state index in [1.54, 1.807) is 0 Å². The van der Waals surface area contributed by atoms with E-state index in [4.69, 9.17) is 27.4 Å². The molecule has 0 aromatic rings. The molecule has 0 aromatic heterocycles. The maximum absolute atomic E-state index is 12.5.